The number of rotatable bonds is 7. The van der Waals surface area contributed by atoms with Gasteiger partial charge in [-0.3, -0.25) is 4.79 Å². The van der Waals surface area contributed by atoms with Crippen molar-refractivity contribution in [3.8, 4) is 0 Å². The minimum atomic E-state index is -0.155. The Morgan fingerprint density at radius 3 is 2.27 bits per heavy atom. The summed E-state index contributed by atoms with van der Waals surface area (Å²) in [4.78, 5) is 19.4. The normalized spacial score (nSPS) is 22.7. The van der Waals surface area contributed by atoms with Crippen LogP contribution in [0.15, 0.2) is 48.5 Å². The standard InChI is InChI=1S/C25H32FN3O/c1-3-28(4-2)25(30)20-9-11-22(12-10-20)29(17-21-7-5-6-8-23(21)26)24-18-27-15-13-19(24)14-16-27/h5-12,19,24H,3-4,13-18H2,1-2H3. The Labute approximate surface area is 179 Å². The van der Waals surface area contributed by atoms with Gasteiger partial charge in [-0.25, -0.2) is 4.39 Å². The summed E-state index contributed by atoms with van der Waals surface area (Å²) < 4.78 is 14.5. The quantitative estimate of drug-likeness (QED) is 0.678. The van der Waals surface area contributed by atoms with Crippen LogP contribution in [-0.4, -0.2) is 54.5 Å². The molecule has 5 rings (SSSR count). The first-order valence-electron chi connectivity index (χ1n) is 11.2. The van der Waals surface area contributed by atoms with Crippen molar-refractivity contribution in [3.63, 3.8) is 0 Å². The highest BCUT2D eigenvalue weighted by Gasteiger charge is 2.37. The number of hydrogen-bond acceptors (Lipinski definition) is 3. The van der Waals surface area contributed by atoms with Gasteiger partial charge in [0.25, 0.3) is 5.91 Å². The third kappa shape index (κ3) is 4.22. The van der Waals surface area contributed by atoms with Crippen LogP contribution in [0, 0.1) is 11.7 Å². The van der Waals surface area contributed by atoms with Crippen molar-refractivity contribution >= 4 is 11.6 Å². The van der Waals surface area contributed by atoms with E-state index in [-0.39, 0.29) is 11.7 Å². The summed E-state index contributed by atoms with van der Waals surface area (Å²) in [6.45, 7) is 9.33. The van der Waals surface area contributed by atoms with Gasteiger partial charge in [0.05, 0.1) is 0 Å². The number of carbonyl (C=O) groups excluding carboxylic acids is 1. The lowest BCUT2D eigenvalue weighted by atomic mass is 9.82. The molecule has 0 N–H and O–H groups in total. The molecule has 4 nitrogen and oxygen atoms in total. The Bertz CT molecular complexity index is 857. The zero-order chi connectivity index (χ0) is 21.1. The van der Waals surface area contributed by atoms with Gasteiger partial charge in [0.2, 0.25) is 0 Å². The Morgan fingerprint density at radius 2 is 1.70 bits per heavy atom. The number of benzene rings is 2. The van der Waals surface area contributed by atoms with Gasteiger partial charge in [0, 0.05) is 49.0 Å². The van der Waals surface area contributed by atoms with Crippen LogP contribution in [0.2, 0.25) is 0 Å². The summed E-state index contributed by atoms with van der Waals surface area (Å²) in [5.41, 5.74) is 2.49. The molecular weight excluding hydrogens is 377 g/mol. The molecule has 1 unspecified atom stereocenters. The average molecular weight is 410 g/mol. The smallest absolute Gasteiger partial charge is 0.253 e. The Morgan fingerprint density at radius 1 is 1.03 bits per heavy atom. The maximum atomic E-state index is 14.5. The summed E-state index contributed by atoms with van der Waals surface area (Å²) in [5, 5.41) is 0. The molecule has 0 aliphatic carbocycles. The molecule has 0 saturated carbocycles. The van der Waals surface area contributed by atoms with E-state index < -0.39 is 0 Å². The van der Waals surface area contributed by atoms with Crippen LogP contribution >= 0.6 is 0 Å². The molecule has 0 aromatic heterocycles. The van der Waals surface area contributed by atoms with E-state index in [9.17, 15) is 9.18 Å². The van der Waals surface area contributed by atoms with Crippen molar-refractivity contribution in [1.29, 1.82) is 0 Å². The van der Waals surface area contributed by atoms with Crippen LogP contribution in [0.3, 0.4) is 0 Å². The van der Waals surface area contributed by atoms with Crippen LogP contribution in [0.5, 0.6) is 0 Å². The molecule has 2 aromatic carbocycles. The molecule has 3 heterocycles. The van der Waals surface area contributed by atoms with Gasteiger partial charge in [0.15, 0.2) is 0 Å². The van der Waals surface area contributed by atoms with Gasteiger partial charge in [-0.05, 0) is 76.0 Å². The van der Waals surface area contributed by atoms with Crippen LogP contribution in [0.25, 0.3) is 0 Å². The predicted octanol–water partition coefficient (Wildman–Crippen LogP) is 4.41. The second-order valence-corrected chi connectivity index (χ2v) is 8.45. The van der Waals surface area contributed by atoms with Crippen LogP contribution in [0.4, 0.5) is 10.1 Å². The van der Waals surface area contributed by atoms with Crippen LogP contribution in [0.1, 0.15) is 42.6 Å². The molecule has 0 radical (unpaired) electrons. The van der Waals surface area contributed by atoms with Gasteiger partial charge in [-0.2, -0.15) is 0 Å². The molecule has 2 aromatic rings. The fourth-order valence-corrected chi connectivity index (χ4v) is 4.99. The summed E-state index contributed by atoms with van der Waals surface area (Å²) >= 11 is 0. The molecule has 5 heteroatoms. The molecule has 3 aliphatic heterocycles. The summed E-state index contributed by atoms with van der Waals surface area (Å²) in [6.07, 6.45) is 2.41. The molecule has 1 amide bonds. The van der Waals surface area contributed by atoms with E-state index in [2.05, 4.69) is 9.80 Å². The Balaban J connectivity index is 1.62. The fraction of sp³-hybridized carbons (Fsp3) is 0.480. The number of fused-ring (bicyclic) bond motifs is 3. The predicted molar refractivity (Wildman–Crippen MR) is 119 cm³/mol. The maximum absolute atomic E-state index is 14.5. The number of anilines is 1. The van der Waals surface area contributed by atoms with E-state index >= 15 is 0 Å². The average Bonchev–Trinajstić information content (AvgIpc) is 2.80. The minimum Gasteiger partial charge on any atom is -0.363 e. The van der Waals surface area contributed by atoms with E-state index in [1.165, 1.54) is 32.0 Å². The molecule has 30 heavy (non-hydrogen) atoms. The van der Waals surface area contributed by atoms with Crippen molar-refractivity contribution in [2.45, 2.75) is 39.3 Å². The van der Waals surface area contributed by atoms with Crippen molar-refractivity contribution in [2.24, 2.45) is 5.92 Å². The maximum Gasteiger partial charge on any atom is 0.253 e. The summed E-state index contributed by atoms with van der Waals surface area (Å²) in [7, 11) is 0. The minimum absolute atomic E-state index is 0.0649. The van der Waals surface area contributed by atoms with E-state index in [0.29, 0.717) is 37.2 Å². The molecule has 1 atom stereocenters. The number of amides is 1. The van der Waals surface area contributed by atoms with E-state index in [1.54, 1.807) is 6.07 Å². The molecule has 3 aliphatic rings. The molecule has 160 valence electrons. The van der Waals surface area contributed by atoms with Gasteiger partial charge in [-0.1, -0.05) is 18.2 Å². The monoisotopic (exact) mass is 409 g/mol. The molecule has 3 fully saturated rings. The highest BCUT2D eigenvalue weighted by Crippen LogP contribution is 2.35. The van der Waals surface area contributed by atoms with Gasteiger partial charge in [-0.15, -0.1) is 0 Å². The first-order valence-corrected chi connectivity index (χ1v) is 11.2. The second kappa shape index (κ2) is 9.17. The Hall–Kier alpha value is -2.40. The van der Waals surface area contributed by atoms with Gasteiger partial charge >= 0.3 is 0 Å². The SMILES string of the molecule is CCN(CC)C(=O)c1ccc(N(Cc2ccccc2F)C2CN3CCC2CC3)cc1. The number of carbonyl (C=O) groups is 1. The third-order valence-electron chi connectivity index (χ3n) is 6.82. The summed E-state index contributed by atoms with van der Waals surface area (Å²) in [5.74, 6) is 0.547. The lowest BCUT2D eigenvalue weighted by Crippen LogP contribution is -2.57. The zero-order valence-electron chi connectivity index (χ0n) is 18.1. The number of hydrogen-bond donors (Lipinski definition) is 0. The fourth-order valence-electron chi connectivity index (χ4n) is 4.99. The van der Waals surface area contributed by atoms with E-state index in [1.807, 2.05) is 55.1 Å². The second-order valence-electron chi connectivity index (χ2n) is 8.45. The lowest BCUT2D eigenvalue weighted by molar-refractivity contribution is 0.0773. The molecular formula is C25H32FN3O. The van der Waals surface area contributed by atoms with E-state index in [4.69, 9.17) is 0 Å². The number of piperidine rings is 3. The van der Waals surface area contributed by atoms with Crippen molar-refractivity contribution < 1.29 is 9.18 Å². The number of nitrogens with zero attached hydrogens (tertiary/aromatic N) is 3. The lowest BCUT2D eigenvalue weighted by Gasteiger charge is -2.50. The molecule has 3 saturated heterocycles. The highest BCUT2D eigenvalue weighted by atomic mass is 19.1. The largest absolute Gasteiger partial charge is 0.363 e. The van der Waals surface area contributed by atoms with Gasteiger partial charge in [0.1, 0.15) is 5.82 Å². The third-order valence-corrected chi connectivity index (χ3v) is 6.82. The van der Waals surface area contributed by atoms with Crippen molar-refractivity contribution in [3.05, 3.63) is 65.5 Å². The first kappa shape index (κ1) is 20.9. The molecule has 0 spiro atoms. The van der Waals surface area contributed by atoms with Gasteiger partial charge < -0.3 is 14.7 Å². The van der Waals surface area contributed by atoms with Crippen LogP contribution in [-0.2, 0) is 6.54 Å². The summed E-state index contributed by atoms with van der Waals surface area (Å²) in [6, 6.07) is 15.3. The topological polar surface area (TPSA) is 26.8 Å². The number of halogens is 1. The van der Waals surface area contributed by atoms with Crippen LogP contribution < -0.4 is 4.90 Å². The van der Waals surface area contributed by atoms with E-state index in [0.717, 1.165) is 17.8 Å². The molecule has 2 bridgehead atoms. The first-order chi connectivity index (χ1) is 14.6. The Kier molecular flexibility index (Phi) is 6.38. The van der Waals surface area contributed by atoms with Crippen molar-refractivity contribution in [1.82, 2.24) is 9.80 Å². The highest BCUT2D eigenvalue weighted by molar-refractivity contribution is 5.94. The van der Waals surface area contributed by atoms with Crippen molar-refractivity contribution in [2.75, 3.05) is 37.6 Å². The zero-order valence-corrected chi connectivity index (χ0v) is 18.1.